The van der Waals surface area contributed by atoms with Gasteiger partial charge in [-0.3, -0.25) is 4.98 Å². The number of rotatable bonds is 2. The van der Waals surface area contributed by atoms with Crippen molar-refractivity contribution in [2.24, 2.45) is 17.6 Å². The first-order valence-electron chi connectivity index (χ1n) is 6.04. The molecular formula is C13H19FN2. The lowest BCUT2D eigenvalue weighted by Gasteiger charge is -2.30. The van der Waals surface area contributed by atoms with E-state index in [1.807, 2.05) is 0 Å². The van der Waals surface area contributed by atoms with Gasteiger partial charge in [0.2, 0.25) is 0 Å². The number of halogens is 1. The first-order chi connectivity index (χ1) is 7.68. The zero-order chi connectivity index (χ0) is 11.5. The summed E-state index contributed by atoms with van der Waals surface area (Å²) in [7, 11) is 0. The van der Waals surface area contributed by atoms with Crippen LogP contribution in [0.5, 0.6) is 0 Å². The van der Waals surface area contributed by atoms with Crippen LogP contribution in [0.3, 0.4) is 0 Å². The van der Waals surface area contributed by atoms with Crippen molar-refractivity contribution in [1.82, 2.24) is 4.98 Å². The Labute approximate surface area is 96.1 Å². The number of hydrogen-bond acceptors (Lipinski definition) is 2. The standard InChI is InChI=1S/C13H19FN2/c1-9-4-2-5-10(8-9)12(15)13-11(14)6-3-7-16-13/h3,6-7,9-10,12H,2,4-5,8,15H2,1H3. The van der Waals surface area contributed by atoms with Crippen molar-refractivity contribution < 1.29 is 4.39 Å². The van der Waals surface area contributed by atoms with Gasteiger partial charge in [-0.05, 0) is 36.8 Å². The van der Waals surface area contributed by atoms with Gasteiger partial charge in [-0.15, -0.1) is 0 Å². The molecule has 2 N–H and O–H groups in total. The van der Waals surface area contributed by atoms with Gasteiger partial charge in [0.15, 0.2) is 0 Å². The van der Waals surface area contributed by atoms with Crippen molar-refractivity contribution in [2.45, 2.75) is 38.6 Å². The van der Waals surface area contributed by atoms with Crippen LogP contribution in [-0.2, 0) is 0 Å². The molecule has 1 aromatic heterocycles. The summed E-state index contributed by atoms with van der Waals surface area (Å²) in [5.41, 5.74) is 6.56. The van der Waals surface area contributed by atoms with Crippen molar-refractivity contribution in [3.8, 4) is 0 Å². The van der Waals surface area contributed by atoms with Gasteiger partial charge in [0.1, 0.15) is 5.82 Å². The summed E-state index contributed by atoms with van der Waals surface area (Å²) < 4.78 is 13.5. The summed E-state index contributed by atoms with van der Waals surface area (Å²) in [4.78, 5) is 4.08. The van der Waals surface area contributed by atoms with Gasteiger partial charge in [0, 0.05) is 6.20 Å². The first-order valence-corrected chi connectivity index (χ1v) is 6.04. The van der Waals surface area contributed by atoms with E-state index < -0.39 is 0 Å². The van der Waals surface area contributed by atoms with Gasteiger partial charge < -0.3 is 5.73 Å². The van der Waals surface area contributed by atoms with Crippen LogP contribution in [0.1, 0.15) is 44.3 Å². The summed E-state index contributed by atoms with van der Waals surface area (Å²) in [6, 6.07) is 2.80. The Bertz CT molecular complexity index is 354. The highest BCUT2D eigenvalue weighted by atomic mass is 19.1. The maximum atomic E-state index is 13.5. The maximum absolute atomic E-state index is 13.5. The number of aromatic nitrogens is 1. The molecule has 0 spiro atoms. The molecule has 3 unspecified atom stereocenters. The van der Waals surface area contributed by atoms with E-state index in [1.54, 1.807) is 12.3 Å². The number of pyridine rings is 1. The SMILES string of the molecule is CC1CCCC(C(N)c2ncccc2F)C1. The number of nitrogens with two attached hydrogens (primary N) is 1. The Morgan fingerprint density at radius 3 is 3.00 bits per heavy atom. The van der Waals surface area contributed by atoms with Gasteiger partial charge in [0.25, 0.3) is 0 Å². The highest BCUT2D eigenvalue weighted by molar-refractivity contribution is 5.12. The normalized spacial score (nSPS) is 27.7. The lowest BCUT2D eigenvalue weighted by molar-refractivity contribution is 0.242. The predicted octanol–water partition coefficient (Wildman–Crippen LogP) is 3.05. The van der Waals surface area contributed by atoms with Crippen LogP contribution in [0.15, 0.2) is 18.3 Å². The third kappa shape index (κ3) is 2.40. The maximum Gasteiger partial charge on any atom is 0.146 e. The molecule has 1 saturated carbocycles. The lowest BCUT2D eigenvalue weighted by Crippen LogP contribution is -2.27. The van der Waals surface area contributed by atoms with Gasteiger partial charge in [0.05, 0.1) is 11.7 Å². The van der Waals surface area contributed by atoms with E-state index in [2.05, 4.69) is 11.9 Å². The molecule has 0 amide bonds. The molecule has 1 aliphatic rings. The van der Waals surface area contributed by atoms with Crippen LogP contribution in [0.25, 0.3) is 0 Å². The monoisotopic (exact) mass is 222 g/mol. The summed E-state index contributed by atoms with van der Waals surface area (Å²) >= 11 is 0. The highest BCUT2D eigenvalue weighted by Crippen LogP contribution is 2.35. The largest absolute Gasteiger partial charge is 0.322 e. The molecule has 3 heteroatoms. The smallest absolute Gasteiger partial charge is 0.146 e. The highest BCUT2D eigenvalue weighted by Gasteiger charge is 2.27. The molecule has 3 atom stereocenters. The van der Waals surface area contributed by atoms with Crippen molar-refractivity contribution >= 4 is 0 Å². The minimum Gasteiger partial charge on any atom is -0.322 e. The average molecular weight is 222 g/mol. The zero-order valence-electron chi connectivity index (χ0n) is 9.70. The second kappa shape index (κ2) is 4.91. The van der Waals surface area contributed by atoms with Gasteiger partial charge in [-0.2, -0.15) is 0 Å². The summed E-state index contributed by atoms with van der Waals surface area (Å²) in [6.07, 6.45) is 6.28. The van der Waals surface area contributed by atoms with E-state index >= 15 is 0 Å². The molecule has 0 saturated heterocycles. The van der Waals surface area contributed by atoms with Crippen LogP contribution < -0.4 is 5.73 Å². The van der Waals surface area contributed by atoms with Crippen molar-refractivity contribution in [1.29, 1.82) is 0 Å². The second-order valence-electron chi connectivity index (χ2n) is 4.93. The zero-order valence-corrected chi connectivity index (χ0v) is 9.70. The molecule has 0 aliphatic heterocycles. The molecule has 1 fully saturated rings. The Morgan fingerprint density at radius 2 is 2.31 bits per heavy atom. The summed E-state index contributed by atoms with van der Waals surface area (Å²) in [5, 5.41) is 0. The van der Waals surface area contributed by atoms with Gasteiger partial charge in [-0.25, -0.2) is 4.39 Å². The van der Waals surface area contributed by atoms with Crippen LogP contribution in [0.2, 0.25) is 0 Å². The molecule has 16 heavy (non-hydrogen) atoms. The van der Waals surface area contributed by atoms with Gasteiger partial charge in [-0.1, -0.05) is 19.8 Å². The van der Waals surface area contributed by atoms with Crippen molar-refractivity contribution in [2.75, 3.05) is 0 Å². The molecule has 1 aromatic rings. The molecule has 0 aromatic carbocycles. The Hall–Kier alpha value is -0.960. The van der Waals surface area contributed by atoms with E-state index in [9.17, 15) is 4.39 Å². The number of nitrogens with zero attached hydrogens (tertiary/aromatic N) is 1. The fraction of sp³-hybridized carbons (Fsp3) is 0.615. The molecule has 1 heterocycles. The van der Waals surface area contributed by atoms with E-state index in [0.717, 1.165) is 12.8 Å². The van der Waals surface area contributed by atoms with Crippen LogP contribution in [0, 0.1) is 17.7 Å². The topological polar surface area (TPSA) is 38.9 Å². The minimum atomic E-state index is -0.270. The Balaban J connectivity index is 2.12. The Kier molecular flexibility index (Phi) is 3.54. The minimum absolute atomic E-state index is 0.246. The van der Waals surface area contributed by atoms with Crippen LogP contribution >= 0.6 is 0 Å². The van der Waals surface area contributed by atoms with Crippen molar-refractivity contribution in [3.05, 3.63) is 29.8 Å². The van der Waals surface area contributed by atoms with E-state index in [0.29, 0.717) is 17.5 Å². The van der Waals surface area contributed by atoms with Gasteiger partial charge >= 0.3 is 0 Å². The molecular weight excluding hydrogens is 203 g/mol. The third-order valence-electron chi connectivity index (χ3n) is 3.59. The number of hydrogen-bond donors (Lipinski definition) is 1. The summed E-state index contributed by atoms with van der Waals surface area (Å²) in [6.45, 7) is 2.24. The fourth-order valence-electron chi connectivity index (χ4n) is 2.67. The third-order valence-corrected chi connectivity index (χ3v) is 3.59. The molecule has 0 bridgehead atoms. The Morgan fingerprint density at radius 1 is 1.50 bits per heavy atom. The molecule has 0 radical (unpaired) electrons. The fourth-order valence-corrected chi connectivity index (χ4v) is 2.67. The predicted molar refractivity (Wildman–Crippen MR) is 62.2 cm³/mol. The van der Waals surface area contributed by atoms with E-state index in [-0.39, 0.29) is 11.9 Å². The van der Waals surface area contributed by atoms with Crippen molar-refractivity contribution in [3.63, 3.8) is 0 Å². The molecule has 2 rings (SSSR count). The molecule has 88 valence electrons. The van der Waals surface area contributed by atoms with E-state index in [4.69, 9.17) is 5.73 Å². The quantitative estimate of drug-likeness (QED) is 0.835. The first kappa shape index (κ1) is 11.5. The van der Waals surface area contributed by atoms with E-state index in [1.165, 1.54) is 18.9 Å². The van der Waals surface area contributed by atoms with Crippen LogP contribution in [0.4, 0.5) is 4.39 Å². The lowest BCUT2D eigenvalue weighted by atomic mass is 9.78. The molecule has 2 nitrogen and oxygen atoms in total. The second-order valence-corrected chi connectivity index (χ2v) is 4.93. The molecule has 1 aliphatic carbocycles. The summed E-state index contributed by atoms with van der Waals surface area (Å²) in [5.74, 6) is 0.818. The van der Waals surface area contributed by atoms with Crippen LogP contribution in [-0.4, -0.2) is 4.98 Å². The average Bonchev–Trinajstić information content (AvgIpc) is 2.29.